The summed E-state index contributed by atoms with van der Waals surface area (Å²) in [7, 11) is 0. The zero-order valence-corrected chi connectivity index (χ0v) is 12.5. The van der Waals surface area contributed by atoms with E-state index in [1.165, 1.54) is 0 Å². The normalized spacial score (nSPS) is 15.8. The number of piperidine rings is 1. The van der Waals surface area contributed by atoms with Crippen LogP contribution in [0.4, 0.5) is 0 Å². The predicted molar refractivity (Wildman–Crippen MR) is 80.2 cm³/mol. The highest BCUT2D eigenvalue weighted by atomic mass is 35.5. The minimum atomic E-state index is -0.287. The summed E-state index contributed by atoms with van der Waals surface area (Å²) in [6.45, 7) is 1.45. The number of nitrogens with zero attached hydrogens (tertiary/aromatic N) is 1. The molecule has 114 valence electrons. The Hall–Kier alpha value is -1.59. The van der Waals surface area contributed by atoms with Crippen molar-refractivity contribution in [1.29, 1.82) is 0 Å². The van der Waals surface area contributed by atoms with Crippen LogP contribution in [-0.4, -0.2) is 48.1 Å². The molecule has 0 spiro atoms. The van der Waals surface area contributed by atoms with Gasteiger partial charge in [-0.3, -0.25) is 9.59 Å². The van der Waals surface area contributed by atoms with Crippen LogP contribution in [0.25, 0.3) is 0 Å². The van der Waals surface area contributed by atoms with Crippen LogP contribution in [0, 0.1) is 5.92 Å². The Morgan fingerprint density at radius 2 is 1.86 bits per heavy atom. The molecule has 0 aliphatic carbocycles. The molecular weight excluding hydrogens is 292 g/mol. The van der Waals surface area contributed by atoms with Crippen molar-refractivity contribution in [1.82, 2.24) is 10.2 Å². The number of benzene rings is 1. The number of amides is 2. The van der Waals surface area contributed by atoms with E-state index in [9.17, 15) is 9.59 Å². The Labute approximate surface area is 128 Å². The summed E-state index contributed by atoms with van der Waals surface area (Å²) >= 11 is 5.76. The summed E-state index contributed by atoms with van der Waals surface area (Å²) in [5, 5.41) is 12.3. The quantitative estimate of drug-likeness (QED) is 0.881. The number of rotatable bonds is 4. The van der Waals surface area contributed by atoms with E-state index < -0.39 is 0 Å². The fraction of sp³-hybridized carbons (Fsp3) is 0.467. The van der Waals surface area contributed by atoms with Crippen LogP contribution < -0.4 is 5.32 Å². The van der Waals surface area contributed by atoms with Crippen molar-refractivity contribution in [2.75, 3.05) is 26.2 Å². The Kier molecular flexibility index (Phi) is 5.59. The zero-order chi connectivity index (χ0) is 15.2. The van der Waals surface area contributed by atoms with Crippen molar-refractivity contribution < 1.29 is 14.7 Å². The predicted octanol–water partition coefficient (Wildman–Crippen LogP) is 1.30. The van der Waals surface area contributed by atoms with Gasteiger partial charge in [0.2, 0.25) is 5.91 Å². The van der Waals surface area contributed by atoms with Gasteiger partial charge in [0.25, 0.3) is 5.91 Å². The van der Waals surface area contributed by atoms with Gasteiger partial charge < -0.3 is 15.3 Å². The molecule has 1 saturated heterocycles. The maximum atomic E-state index is 12.0. The van der Waals surface area contributed by atoms with Gasteiger partial charge in [-0.25, -0.2) is 0 Å². The Balaban J connectivity index is 1.78. The number of hydrogen-bond acceptors (Lipinski definition) is 3. The van der Waals surface area contributed by atoms with Gasteiger partial charge in [-0.05, 0) is 43.0 Å². The van der Waals surface area contributed by atoms with E-state index >= 15 is 0 Å². The van der Waals surface area contributed by atoms with E-state index in [4.69, 9.17) is 16.7 Å². The third-order valence-corrected chi connectivity index (χ3v) is 3.98. The molecule has 1 aromatic rings. The average molecular weight is 311 g/mol. The SMILES string of the molecule is O=C(NCC(=O)N1CCC(CO)CC1)c1ccc(Cl)cc1. The van der Waals surface area contributed by atoms with Crippen LogP contribution in [0.2, 0.25) is 5.02 Å². The molecule has 0 aromatic heterocycles. The maximum Gasteiger partial charge on any atom is 0.251 e. The first kappa shape index (κ1) is 15.8. The van der Waals surface area contributed by atoms with Gasteiger partial charge >= 0.3 is 0 Å². The number of carbonyl (C=O) groups is 2. The van der Waals surface area contributed by atoms with Gasteiger partial charge in [0.05, 0.1) is 6.54 Å². The van der Waals surface area contributed by atoms with E-state index in [2.05, 4.69) is 5.32 Å². The zero-order valence-electron chi connectivity index (χ0n) is 11.7. The topological polar surface area (TPSA) is 69.6 Å². The molecule has 5 nitrogen and oxygen atoms in total. The summed E-state index contributed by atoms with van der Waals surface area (Å²) in [4.78, 5) is 25.6. The second-order valence-electron chi connectivity index (χ2n) is 5.20. The van der Waals surface area contributed by atoms with E-state index in [1.807, 2.05) is 0 Å². The van der Waals surface area contributed by atoms with E-state index in [-0.39, 0.29) is 30.9 Å². The number of hydrogen-bond donors (Lipinski definition) is 2. The molecule has 2 amide bonds. The lowest BCUT2D eigenvalue weighted by atomic mass is 9.98. The number of carbonyl (C=O) groups excluding carboxylic acids is 2. The molecule has 2 rings (SSSR count). The molecule has 0 saturated carbocycles. The highest BCUT2D eigenvalue weighted by Gasteiger charge is 2.22. The van der Waals surface area contributed by atoms with Crippen LogP contribution >= 0.6 is 11.6 Å². The standard InChI is InChI=1S/C15H19ClN2O3/c16-13-3-1-12(2-4-13)15(21)17-9-14(20)18-7-5-11(10-19)6-8-18/h1-4,11,19H,5-10H2,(H,17,21). The highest BCUT2D eigenvalue weighted by Crippen LogP contribution is 2.16. The molecule has 1 aliphatic heterocycles. The molecule has 21 heavy (non-hydrogen) atoms. The van der Waals surface area contributed by atoms with Crippen LogP contribution in [0.1, 0.15) is 23.2 Å². The summed E-state index contributed by atoms with van der Waals surface area (Å²) in [6.07, 6.45) is 1.63. The third kappa shape index (κ3) is 4.44. The minimum absolute atomic E-state index is 0.00868. The second-order valence-corrected chi connectivity index (χ2v) is 5.63. The fourth-order valence-electron chi connectivity index (χ4n) is 2.34. The van der Waals surface area contributed by atoms with Crippen molar-refractivity contribution in [3.63, 3.8) is 0 Å². The van der Waals surface area contributed by atoms with Crippen LogP contribution in [0.5, 0.6) is 0 Å². The van der Waals surface area contributed by atoms with Gasteiger partial charge in [0, 0.05) is 30.3 Å². The van der Waals surface area contributed by atoms with Gasteiger partial charge in [-0.2, -0.15) is 0 Å². The first-order chi connectivity index (χ1) is 10.1. The highest BCUT2D eigenvalue weighted by molar-refractivity contribution is 6.30. The van der Waals surface area contributed by atoms with Crippen molar-refractivity contribution >= 4 is 23.4 Å². The van der Waals surface area contributed by atoms with E-state index in [0.29, 0.717) is 23.7 Å². The molecule has 1 fully saturated rings. The first-order valence-corrected chi connectivity index (χ1v) is 7.40. The number of likely N-dealkylation sites (tertiary alicyclic amines) is 1. The number of nitrogens with one attached hydrogen (secondary N) is 1. The van der Waals surface area contributed by atoms with E-state index in [1.54, 1.807) is 29.2 Å². The lowest BCUT2D eigenvalue weighted by Gasteiger charge is -2.31. The third-order valence-electron chi connectivity index (χ3n) is 3.73. The molecule has 0 atom stereocenters. The molecular formula is C15H19ClN2O3. The molecule has 0 unspecified atom stereocenters. The first-order valence-electron chi connectivity index (χ1n) is 7.02. The second kappa shape index (κ2) is 7.43. The van der Waals surface area contributed by atoms with E-state index in [0.717, 1.165) is 12.8 Å². The lowest BCUT2D eigenvalue weighted by molar-refractivity contribution is -0.131. The van der Waals surface area contributed by atoms with Gasteiger partial charge in [0.15, 0.2) is 0 Å². The van der Waals surface area contributed by atoms with Crippen molar-refractivity contribution in [2.24, 2.45) is 5.92 Å². The van der Waals surface area contributed by atoms with Crippen molar-refractivity contribution in [2.45, 2.75) is 12.8 Å². The molecule has 2 N–H and O–H groups in total. The molecule has 1 aromatic carbocycles. The largest absolute Gasteiger partial charge is 0.396 e. The monoisotopic (exact) mass is 310 g/mol. The molecule has 1 heterocycles. The number of halogens is 1. The van der Waals surface area contributed by atoms with Gasteiger partial charge in [-0.1, -0.05) is 11.6 Å². The van der Waals surface area contributed by atoms with Crippen molar-refractivity contribution in [3.05, 3.63) is 34.9 Å². The fourth-order valence-corrected chi connectivity index (χ4v) is 2.46. The molecule has 0 bridgehead atoms. The summed E-state index contributed by atoms with van der Waals surface area (Å²) in [5.41, 5.74) is 0.478. The Morgan fingerprint density at radius 1 is 1.24 bits per heavy atom. The Bertz CT molecular complexity index is 496. The summed E-state index contributed by atoms with van der Waals surface area (Å²) in [6, 6.07) is 6.51. The molecule has 6 heteroatoms. The van der Waals surface area contributed by atoms with Crippen LogP contribution in [0.3, 0.4) is 0 Å². The number of aliphatic hydroxyl groups is 1. The lowest BCUT2D eigenvalue weighted by Crippen LogP contribution is -2.44. The Morgan fingerprint density at radius 3 is 2.43 bits per heavy atom. The smallest absolute Gasteiger partial charge is 0.251 e. The summed E-state index contributed by atoms with van der Waals surface area (Å²) < 4.78 is 0. The minimum Gasteiger partial charge on any atom is -0.396 e. The van der Waals surface area contributed by atoms with Crippen molar-refractivity contribution in [3.8, 4) is 0 Å². The van der Waals surface area contributed by atoms with Crippen LogP contribution in [0.15, 0.2) is 24.3 Å². The van der Waals surface area contributed by atoms with Gasteiger partial charge in [0.1, 0.15) is 0 Å². The van der Waals surface area contributed by atoms with Gasteiger partial charge in [-0.15, -0.1) is 0 Å². The average Bonchev–Trinajstić information content (AvgIpc) is 2.53. The van der Waals surface area contributed by atoms with Crippen LogP contribution in [-0.2, 0) is 4.79 Å². The molecule has 1 aliphatic rings. The summed E-state index contributed by atoms with van der Waals surface area (Å²) in [5.74, 6) is -0.0864. The molecule has 0 radical (unpaired) electrons. The number of aliphatic hydroxyl groups excluding tert-OH is 1. The maximum absolute atomic E-state index is 12.0.